The number of nitrogens with one attached hydrogen (secondary N) is 2. The molecule has 0 bridgehead atoms. The summed E-state index contributed by atoms with van der Waals surface area (Å²) in [6, 6.07) is 11.1. The molecule has 0 radical (unpaired) electrons. The molecule has 2 N–H and O–H groups in total. The van der Waals surface area contributed by atoms with Gasteiger partial charge in [0.05, 0.1) is 24.0 Å². The third-order valence-electron chi connectivity index (χ3n) is 4.30. The fraction of sp³-hybridized carbons (Fsp3) is 0.200. The van der Waals surface area contributed by atoms with Crippen LogP contribution in [0.15, 0.2) is 60.9 Å². The lowest BCUT2D eigenvalue weighted by atomic mass is 10.2. The first-order chi connectivity index (χ1) is 14.4. The van der Waals surface area contributed by atoms with Gasteiger partial charge >= 0.3 is 12.2 Å². The molecule has 2 amide bonds. The first-order valence-electron chi connectivity index (χ1n) is 9.03. The van der Waals surface area contributed by atoms with E-state index in [4.69, 9.17) is 9.47 Å². The number of ether oxygens (including phenoxy) is 2. The maximum absolute atomic E-state index is 12.8. The second-order valence-electron chi connectivity index (χ2n) is 6.61. The van der Waals surface area contributed by atoms with Crippen molar-refractivity contribution in [3.8, 4) is 11.5 Å². The van der Waals surface area contributed by atoms with E-state index < -0.39 is 17.8 Å². The molecule has 0 saturated carbocycles. The summed E-state index contributed by atoms with van der Waals surface area (Å²) < 4.78 is 51.4. The van der Waals surface area contributed by atoms with E-state index in [1.54, 1.807) is 10.9 Å². The van der Waals surface area contributed by atoms with E-state index in [9.17, 15) is 18.0 Å². The van der Waals surface area contributed by atoms with Gasteiger partial charge in [-0.1, -0.05) is 18.2 Å². The summed E-state index contributed by atoms with van der Waals surface area (Å²) in [6.07, 6.45) is -1.72. The van der Waals surface area contributed by atoms with Crippen molar-refractivity contribution in [2.75, 3.05) is 17.2 Å². The summed E-state index contributed by atoms with van der Waals surface area (Å²) in [5.41, 5.74) is -0.429. The molecule has 30 heavy (non-hydrogen) atoms. The number of carbonyl (C=O) groups is 1. The van der Waals surface area contributed by atoms with Crippen LogP contribution in [0.5, 0.6) is 11.5 Å². The minimum atomic E-state index is -4.49. The zero-order valence-electron chi connectivity index (χ0n) is 15.5. The average molecular weight is 418 g/mol. The maximum atomic E-state index is 12.8. The molecule has 1 aromatic heterocycles. The molecule has 0 spiro atoms. The van der Waals surface area contributed by atoms with Gasteiger partial charge in [-0.2, -0.15) is 18.3 Å². The van der Waals surface area contributed by atoms with Crippen molar-refractivity contribution in [1.29, 1.82) is 0 Å². The number of nitrogens with zero attached hydrogens (tertiary/aromatic N) is 2. The average Bonchev–Trinajstić information content (AvgIpc) is 3.14. The monoisotopic (exact) mass is 418 g/mol. The van der Waals surface area contributed by atoms with Crippen molar-refractivity contribution in [3.63, 3.8) is 0 Å². The van der Waals surface area contributed by atoms with Crippen LogP contribution in [0.2, 0.25) is 0 Å². The van der Waals surface area contributed by atoms with Crippen LogP contribution < -0.4 is 20.1 Å². The first-order valence-corrected chi connectivity index (χ1v) is 9.03. The van der Waals surface area contributed by atoms with E-state index in [-0.39, 0.29) is 11.8 Å². The minimum Gasteiger partial charge on any atom is -0.486 e. The molecule has 0 saturated heterocycles. The number of carbonyl (C=O) groups excluding carboxylic acids is 1. The van der Waals surface area contributed by atoms with Gasteiger partial charge in [0.15, 0.2) is 17.6 Å². The lowest BCUT2D eigenvalue weighted by Crippen LogP contribution is -2.33. The van der Waals surface area contributed by atoms with E-state index in [1.165, 1.54) is 18.3 Å². The third kappa shape index (κ3) is 4.65. The number of halogens is 3. The van der Waals surface area contributed by atoms with Gasteiger partial charge in [0.1, 0.15) is 6.61 Å². The van der Waals surface area contributed by atoms with Crippen LogP contribution in [0.25, 0.3) is 0 Å². The highest BCUT2D eigenvalue weighted by Crippen LogP contribution is 2.32. The summed E-state index contributed by atoms with van der Waals surface area (Å²) in [5.74, 6) is 1.34. The number of benzene rings is 2. The lowest BCUT2D eigenvalue weighted by molar-refractivity contribution is -0.137. The number of anilines is 2. The van der Waals surface area contributed by atoms with Crippen molar-refractivity contribution in [2.24, 2.45) is 0 Å². The number of hydrogen-bond acceptors (Lipinski definition) is 4. The van der Waals surface area contributed by atoms with Gasteiger partial charge in [0.25, 0.3) is 0 Å². The number of aromatic nitrogens is 2. The number of amides is 2. The van der Waals surface area contributed by atoms with Gasteiger partial charge in [-0.15, -0.1) is 0 Å². The highest BCUT2D eigenvalue weighted by atomic mass is 19.4. The minimum absolute atomic E-state index is 0.0288. The van der Waals surface area contributed by atoms with Crippen LogP contribution in [0.1, 0.15) is 5.56 Å². The Labute approximate surface area is 169 Å². The molecular weight excluding hydrogens is 401 g/mol. The molecule has 0 unspecified atom stereocenters. The Bertz CT molecular complexity index is 1050. The van der Waals surface area contributed by atoms with Crippen molar-refractivity contribution in [2.45, 2.75) is 18.8 Å². The Kier molecular flexibility index (Phi) is 5.21. The van der Waals surface area contributed by atoms with E-state index >= 15 is 0 Å². The van der Waals surface area contributed by atoms with Crippen LogP contribution in [-0.2, 0) is 12.7 Å². The molecule has 10 heteroatoms. The summed E-state index contributed by atoms with van der Waals surface area (Å²) in [4.78, 5) is 12.1. The van der Waals surface area contributed by atoms with Crippen LogP contribution in [0.3, 0.4) is 0 Å². The molecule has 1 aliphatic heterocycles. The van der Waals surface area contributed by atoms with Crippen LogP contribution in [0.4, 0.5) is 29.3 Å². The molecule has 156 valence electrons. The number of alkyl halides is 3. The van der Waals surface area contributed by atoms with Crippen molar-refractivity contribution >= 4 is 17.4 Å². The van der Waals surface area contributed by atoms with E-state index in [0.29, 0.717) is 30.3 Å². The molecule has 0 aliphatic carbocycles. The van der Waals surface area contributed by atoms with Gasteiger partial charge in [0, 0.05) is 11.9 Å². The van der Waals surface area contributed by atoms with E-state index in [0.717, 1.165) is 12.1 Å². The van der Waals surface area contributed by atoms with E-state index in [2.05, 4.69) is 15.7 Å². The molecular formula is C20H17F3N4O3. The highest BCUT2D eigenvalue weighted by Gasteiger charge is 2.30. The smallest absolute Gasteiger partial charge is 0.416 e. The maximum Gasteiger partial charge on any atom is 0.416 e. The molecule has 4 rings (SSSR count). The van der Waals surface area contributed by atoms with Crippen molar-refractivity contribution in [3.05, 3.63) is 66.5 Å². The third-order valence-corrected chi connectivity index (χ3v) is 4.30. The van der Waals surface area contributed by atoms with Gasteiger partial charge in [-0.3, -0.25) is 4.68 Å². The molecule has 1 atom stereocenters. The normalized spacial score (nSPS) is 15.5. The zero-order valence-corrected chi connectivity index (χ0v) is 15.5. The second kappa shape index (κ2) is 7.97. The second-order valence-corrected chi connectivity index (χ2v) is 6.61. The van der Waals surface area contributed by atoms with Crippen LogP contribution in [-0.4, -0.2) is 28.5 Å². The van der Waals surface area contributed by atoms with Crippen molar-refractivity contribution < 1.29 is 27.4 Å². The largest absolute Gasteiger partial charge is 0.486 e. The predicted octanol–water partition coefficient (Wildman–Crippen LogP) is 4.39. The number of urea groups is 1. The first kappa shape index (κ1) is 19.6. The SMILES string of the molecule is O=C(Nc1cccc(C(F)(F)F)c1)Nc1cnn(C[C@H]2COc3ccccc3O2)c1. The Hall–Kier alpha value is -3.69. The molecule has 2 heterocycles. The lowest BCUT2D eigenvalue weighted by Gasteiger charge is -2.26. The fourth-order valence-electron chi connectivity index (χ4n) is 2.96. The molecule has 3 aromatic rings. The summed E-state index contributed by atoms with van der Waals surface area (Å²) in [7, 11) is 0. The Balaban J connectivity index is 1.33. The number of para-hydroxylation sites is 2. The van der Waals surface area contributed by atoms with Crippen LogP contribution >= 0.6 is 0 Å². The fourth-order valence-corrected chi connectivity index (χ4v) is 2.96. The summed E-state index contributed by atoms with van der Waals surface area (Å²) in [5, 5.41) is 9.07. The van der Waals surface area contributed by atoms with Crippen molar-refractivity contribution in [1.82, 2.24) is 9.78 Å². The molecule has 1 aliphatic rings. The topological polar surface area (TPSA) is 77.4 Å². The quantitative estimate of drug-likeness (QED) is 0.659. The summed E-state index contributed by atoms with van der Waals surface area (Å²) >= 11 is 0. The number of fused-ring (bicyclic) bond motifs is 1. The summed E-state index contributed by atoms with van der Waals surface area (Å²) in [6.45, 7) is 0.751. The van der Waals surface area contributed by atoms with E-state index in [1.807, 2.05) is 24.3 Å². The van der Waals surface area contributed by atoms with Gasteiger partial charge in [0.2, 0.25) is 0 Å². The zero-order chi connectivity index (χ0) is 21.1. The standard InChI is InChI=1S/C20H17F3N4O3/c21-20(22,23)13-4-3-5-14(8-13)25-19(28)26-15-9-24-27(10-15)11-16-12-29-17-6-1-2-7-18(17)30-16/h1-10,16H,11-12H2,(H2,25,26,28)/t16-/m0/s1. The molecule has 0 fully saturated rings. The van der Waals surface area contributed by atoms with Gasteiger partial charge < -0.3 is 20.1 Å². The van der Waals surface area contributed by atoms with Crippen LogP contribution in [0, 0.1) is 0 Å². The number of hydrogen-bond donors (Lipinski definition) is 2. The molecule has 2 aromatic carbocycles. The van der Waals surface area contributed by atoms with Gasteiger partial charge in [-0.05, 0) is 30.3 Å². The highest BCUT2D eigenvalue weighted by molar-refractivity contribution is 5.99. The Morgan fingerprint density at radius 1 is 1.10 bits per heavy atom. The van der Waals surface area contributed by atoms with Gasteiger partial charge in [-0.25, -0.2) is 4.79 Å². The Morgan fingerprint density at radius 3 is 2.67 bits per heavy atom. The Morgan fingerprint density at radius 2 is 1.87 bits per heavy atom. The molecule has 7 nitrogen and oxygen atoms in total. The predicted molar refractivity (Wildman–Crippen MR) is 103 cm³/mol. The number of rotatable bonds is 4.